The van der Waals surface area contributed by atoms with Gasteiger partial charge in [-0.15, -0.1) is 0 Å². The molecule has 5 nitrogen and oxygen atoms in total. The fourth-order valence-electron chi connectivity index (χ4n) is 1.74. The number of carboxylic acid groups (broad SMARTS) is 1. The van der Waals surface area contributed by atoms with E-state index in [0.717, 1.165) is 16.2 Å². The van der Waals surface area contributed by atoms with Crippen molar-refractivity contribution in [1.82, 2.24) is 9.97 Å². The number of aromatic nitrogens is 2. The second-order valence-corrected chi connectivity index (χ2v) is 5.06. The van der Waals surface area contributed by atoms with Gasteiger partial charge < -0.3 is 14.8 Å². The van der Waals surface area contributed by atoms with Gasteiger partial charge in [-0.25, -0.2) is 9.78 Å². The van der Waals surface area contributed by atoms with Gasteiger partial charge in [0.1, 0.15) is 0 Å². The van der Waals surface area contributed by atoms with Gasteiger partial charge in [0.15, 0.2) is 11.3 Å². The highest BCUT2D eigenvalue weighted by molar-refractivity contribution is 7.99. The molecule has 1 atom stereocenters. The SMILES string of the molecule is CCOC(CCSc1nc2ccccc2[nH]1)C(=O)O. The van der Waals surface area contributed by atoms with Crippen molar-refractivity contribution in [1.29, 1.82) is 0 Å². The summed E-state index contributed by atoms with van der Waals surface area (Å²) in [5.74, 6) is -0.261. The van der Waals surface area contributed by atoms with Gasteiger partial charge in [-0.2, -0.15) is 0 Å². The number of nitrogens with one attached hydrogen (secondary N) is 1. The zero-order valence-corrected chi connectivity index (χ0v) is 11.4. The second-order valence-electron chi connectivity index (χ2n) is 3.98. The van der Waals surface area contributed by atoms with Crippen LogP contribution in [0.3, 0.4) is 0 Å². The van der Waals surface area contributed by atoms with Crippen LogP contribution >= 0.6 is 11.8 Å². The molecule has 2 aromatic rings. The monoisotopic (exact) mass is 280 g/mol. The molecule has 0 saturated heterocycles. The molecule has 0 aliphatic carbocycles. The molecule has 0 spiro atoms. The minimum atomic E-state index is -0.910. The Balaban J connectivity index is 1.89. The molecule has 1 unspecified atom stereocenters. The summed E-state index contributed by atoms with van der Waals surface area (Å²) in [4.78, 5) is 18.5. The Morgan fingerprint density at radius 2 is 2.32 bits per heavy atom. The molecule has 19 heavy (non-hydrogen) atoms. The number of aliphatic carboxylic acids is 1. The van der Waals surface area contributed by atoms with Crippen LogP contribution in [0.1, 0.15) is 13.3 Å². The molecular weight excluding hydrogens is 264 g/mol. The summed E-state index contributed by atoms with van der Waals surface area (Å²) < 4.78 is 5.16. The van der Waals surface area contributed by atoms with Crippen LogP contribution in [-0.2, 0) is 9.53 Å². The van der Waals surface area contributed by atoms with E-state index in [1.807, 2.05) is 24.3 Å². The number of hydrogen-bond donors (Lipinski definition) is 2. The highest BCUT2D eigenvalue weighted by atomic mass is 32.2. The number of thioether (sulfide) groups is 1. The van der Waals surface area contributed by atoms with Crippen LogP contribution in [0.15, 0.2) is 29.4 Å². The number of fused-ring (bicyclic) bond motifs is 1. The summed E-state index contributed by atoms with van der Waals surface area (Å²) in [6.45, 7) is 2.20. The number of imidazole rings is 1. The molecule has 0 fully saturated rings. The highest BCUT2D eigenvalue weighted by Gasteiger charge is 2.17. The lowest BCUT2D eigenvalue weighted by Crippen LogP contribution is -2.24. The number of benzene rings is 1. The lowest BCUT2D eigenvalue weighted by Gasteiger charge is -2.10. The number of nitrogens with zero attached hydrogens (tertiary/aromatic N) is 1. The average molecular weight is 280 g/mol. The first-order chi connectivity index (χ1) is 9.20. The van der Waals surface area contributed by atoms with Gasteiger partial charge in [0, 0.05) is 12.4 Å². The smallest absolute Gasteiger partial charge is 0.332 e. The fourth-order valence-corrected chi connectivity index (χ4v) is 2.61. The molecule has 0 amide bonds. The van der Waals surface area contributed by atoms with Crippen molar-refractivity contribution in [2.45, 2.75) is 24.6 Å². The number of para-hydroxylation sites is 2. The molecule has 6 heteroatoms. The molecular formula is C13H16N2O3S. The van der Waals surface area contributed by atoms with E-state index in [9.17, 15) is 4.79 Å². The summed E-state index contributed by atoms with van der Waals surface area (Å²) in [7, 11) is 0. The van der Waals surface area contributed by atoms with E-state index in [-0.39, 0.29) is 0 Å². The van der Waals surface area contributed by atoms with E-state index in [4.69, 9.17) is 9.84 Å². The number of carbonyl (C=O) groups is 1. The fraction of sp³-hybridized carbons (Fsp3) is 0.385. The topological polar surface area (TPSA) is 75.2 Å². The largest absolute Gasteiger partial charge is 0.479 e. The van der Waals surface area contributed by atoms with E-state index < -0.39 is 12.1 Å². The summed E-state index contributed by atoms with van der Waals surface area (Å²) in [5, 5.41) is 9.77. The first-order valence-electron chi connectivity index (χ1n) is 6.12. The molecule has 0 aliphatic heterocycles. The van der Waals surface area contributed by atoms with Crippen LogP contribution in [0, 0.1) is 0 Å². The van der Waals surface area contributed by atoms with Gasteiger partial charge in [0.25, 0.3) is 0 Å². The van der Waals surface area contributed by atoms with Crippen molar-refractivity contribution in [3.8, 4) is 0 Å². The van der Waals surface area contributed by atoms with Gasteiger partial charge >= 0.3 is 5.97 Å². The number of hydrogen-bond acceptors (Lipinski definition) is 4. The minimum absolute atomic E-state index is 0.409. The van der Waals surface area contributed by atoms with Crippen LogP contribution in [-0.4, -0.2) is 39.5 Å². The Morgan fingerprint density at radius 3 is 3.00 bits per heavy atom. The van der Waals surface area contributed by atoms with Crippen molar-refractivity contribution in [2.75, 3.05) is 12.4 Å². The molecule has 2 rings (SSSR count). The number of carboxylic acids is 1. The molecule has 1 heterocycles. The minimum Gasteiger partial charge on any atom is -0.479 e. The van der Waals surface area contributed by atoms with Crippen LogP contribution in [0.25, 0.3) is 11.0 Å². The molecule has 1 aromatic heterocycles. The third-order valence-corrected chi connectivity index (χ3v) is 3.54. The predicted molar refractivity (Wildman–Crippen MR) is 74.5 cm³/mol. The second kappa shape index (κ2) is 6.58. The maximum Gasteiger partial charge on any atom is 0.332 e. The maximum atomic E-state index is 10.9. The number of H-pyrrole nitrogens is 1. The normalized spacial score (nSPS) is 12.7. The summed E-state index contributed by atoms with van der Waals surface area (Å²) >= 11 is 1.51. The van der Waals surface area contributed by atoms with E-state index in [2.05, 4.69) is 9.97 Å². The van der Waals surface area contributed by atoms with E-state index >= 15 is 0 Å². The van der Waals surface area contributed by atoms with Gasteiger partial charge in [-0.05, 0) is 25.5 Å². The molecule has 0 aliphatic rings. The lowest BCUT2D eigenvalue weighted by molar-refractivity contribution is -0.150. The molecule has 102 valence electrons. The Kier molecular flexibility index (Phi) is 4.81. The number of aromatic amines is 1. The first kappa shape index (κ1) is 13.9. The number of rotatable bonds is 7. The van der Waals surface area contributed by atoms with Crippen molar-refractivity contribution in [2.24, 2.45) is 0 Å². The van der Waals surface area contributed by atoms with Crippen LogP contribution in [0.5, 0.6) is 0 Å². The summed E-state index contributed by atoms with van der Waals surface area (Å²) in [6, 6.07) is 7.79. The van der Waals surface area contributed by atoms with Crippen molar-refractivity contribution >= 4 is 28.8 Å². The quantitative estimate of drug-likeness (QED) is 0.762. The van der Waals surface area contributed by atoms with Crippen molar-refractivity contribution < 1.29 is 14.6 Å². The third-order valence-electron chi connectivity index (χ3n) is 2.63. The molecule has 1 aromatic carbocycles. The van der Waals surface area contributed by atoms with E-state index in [1.54, 1.807) is 6.92 Å². The predicted octanol–water partition coefficient (Wildman–Crippen LogP) is 2.53. The third kappa shape index (κ3) is 3.71. The highest BCUT2D eigenvalue weighted by Crippen LogP contribution is 2.20. The molecule has 2 N–H and O–H groups in total. The Morgan fingerprint density at radius 1 is 1.53 bits per heavy atom. The van der Waals surface area contributed by atoms with Crippen molar-refractivity contribution in [3.63, 3.8) is 0 Å². The zero-order valence-electron chi connectivity index (χ0n) is 10.6. The number of ether oxygens (including phenoxy) is 1. The Labute approximate surface area is 115 Å². The van der Waals surface area contributed by atoms with E-state index in [0.29, 0.717) is 18.8 Å². The molecule has 0 radical (unpaired) electrons. The van der Waals surface area contributed by atoms with E-state index in [1.165, 1.54) is 11.8 Å². The van der Waals surface area contributed by atoms with Gasteiger partial charge in [-0.3, -0.25) is 0 Å². The summed E-state index contributed by atoms with van der Waals surface area (Å²) in [6.07, 6.45) is -0.271. The van der Waals surface area contributed by atoms with Gasteiger partial charge in [0.2, 0.25) is 0 Å². The van der Waals surface area contributed by atoms with Gasteiger partial charge in [-0.1, -0.05) is 23.9 Å². The van der Waals surface area contributed by atoms with Gasteiger partial charge in [0.05, 0.1) is 11.0 Å². The van der Waals surface area contributed by atoms with Crippen LogP contribution in [0.2, 0.25) is 0 Å². The summed E-state index contributed by atoms with van der Waals surface area (Å²) in [5.41, 5.74) is 1.91. The Hall–Kier alpha value is -1.53. The Bertz CT molecular complexity index is 523. The average Bonchev–Trinajstić information content (AvgIpc) is 2.80. The molecule has 0 saturated carbocycles. The standard InChI is InChI=1S/C13H16N2O3S/c1-2-18-11(12(16)17)7-8-19-13-14-9-5-3-4-6-10(9)15-13/h3-6,11H,2,7-8H2,1H3,(H,14,15)(H,16,17). The first-order valence-corrected chi connectivity index (χ1v) is 7.11. The van der Waals surface area contributed by atoms with Crippen LogP contribution in [0.4, 0.5) is 0 Å². The molecule has 0 bridgehead atoms. The lowest BCUT2D eigenvalue weighted by atomic mass is 10.3. The van der Waals surface area contributed by atoms with Crippen molar-refractivity contribution in [3.05, 3.63) is 24.3 Å². The van der Waals surface area contributed by atoms with Crippen LogP contribution < -0.4 is 0 Å². The zero-order chi connectivity index (χ0) is 13.7. The maximum absolute atomic E-state index is 10.9.